The highest BCUT2D eigenvalue weighted by atomic mass is 16.4. The summed E-state index contributed by atoms with van der Waals surface area (Å²) in [5, 5.41) is 13.0. The van der Waals surface area contributed by atoms with Gasteiger partial charge in [-0.3, -0.25) is 14.3 Å². The lowest BCUT2D eigenvalue weighted by Crippen LogP contribution is -2.30. The first kappa shape index (κ1) is 11.6. The maximum atomic E-state index is 12.0. The number of aliphatic carboxylic acids is 1. The summed E-state index contributed by atoms with van der Waals surface area (Å²) in [5.41, 5.74) is 0.366. The summed E-state index contributed by atoms with van der Waals surface area (Å²) < 4.78 is 1.56. The zero-order valence-electron chi connectivity index (χ0n) is 9.83. The molecule has 0 unspecified atom stereocenters. The number of nitrogens with zero attached hydrogens (tertiary/aromatic N) is 3. The number of hydrogen-bond donors (Lipinski definition) is 1. The Morgan fingerprint density at radius 2 is 2.18 bits per heavy atom. The standard InChI is InChI=1S/C11H15N3O3/c1-7-5-14(6-8(7)11(16)17)10(15)9-3-4-13(2)12-9/h3-4,7-8H,5-6H2,1-2H3,(H,16,17)/t7-,8-/m1/s1. The summed E-state index contributed by atoms with van der Waals surface area (Å²) in [7, 11) is 1.74. The van der Waals surface area contributed by atoms with Crippen LogP contribution in [0.5, 0.6) is 0 Å². The molecule has 0 aromatic carbocycles. The molecule has 1 fully saturated rings. The molecule has 1 aliphatic rings. The SMILES string of the molecule is C[C@@H]1CN(C(=O)c2ccn(C)n2)C[C@H]1C(=O)O. The maximum absolute atomic E-state index is 12.0. The van der Waals surface area contributed by atoms with E-state index in [4.69, 9.17) is 5.11 Å². The number of carboxylic acid groups (broad SMARTS) is 1. The van der Waals surface area contributed by atoms with Crippen LogP contribution in [0.3, 0.4) is 0 Å². The van der Waals surface area contributed by atoms with Gasteiger partial charge in [0.15, 0.2) is 0 Å². The Labute approximate surface area is 98.8 Å². The van der Waals surface area contributed by atoms with E-state index in [1.54, 1.807) is 28.9 Å². The van der Waals surface area contributed by atoms with Crippen molar-refractivity contribution in [2.75, 3.05) is 13.1 Å². The van der Waals surface area contributed by atoms with Crippen LogP contribution in [0, 0.1) is 11.8 Å². The number of rotatable bonds is 2. The fourth-order valence-corrected chi connectivity index (χ4v) is 2.15. The van der Waals surface area contributed by atoms with Crippen LogP contribution in [-0.4, -0.2) is 44.8 Å². The Kier molecular flexibility index (Phi) is 2.87. The van der Waals surface area contributed by atoms with Gasteiger partial charge in [0.05, 0.1) is 5.92 Å². The lowest BCUT2D eigenvalue weighted by Gasteiger charge is -2.13. The zero-order chi connectivity index (χ0) is 12.6. The first-order valence-corrected chi connectivity index (χ1v) is 5.50. The van der Waals surface area contributed by atoms with E-state index >= 15 is 0 Å². The molecule has 1 amide bonds. The second-order valence-electron chi connectivity index (χ2n) is 4.51. The molecule has 2 rings (SSSR count). The van der Waals surface area contributed by atoms with Crippen LogP contribution in [0.2, 0.25) is 0 Å². The van der Waals surface area contributed by atoms with Gasteiger partial charge in [-0.05, 0) is 12.0 Å². The van der Waals surface area contributed by atoms with Gasteiger partial charge in [0, 0.05) is 26.3 Å². The Morgan fingerprint density at radius 1 is 1.47 bits per heavy atom. The quantitative estimate of drug-likeness (QED) is 0.798. The monoisotopic (exact) mass is 237 g/mol. The predicted octanol–water partition coefficient (Wildman–Crippen LogP) is 0.213. The smallest absolute Gasteiger partial charge is 0.308 e. The molecule has 1 N–H and O–H groups in total. The van der Waals surface area contributed by atoms with Crippen LogP contribution in [0.15, 0.2) is 12.3 Å². The average Bonchev–Trinajstić information content (AvgIpc) is 2.83. The number of amides is 1. The van der Waals surface area contributed by atoms with Crippen LogP contribution < -0.4 is 0 Å². The van der Waals surface area contributed by atoms with Gasteiger partial charge < -0.3 is 10.0 Å². The molecule has 0 aliphatic carbocycles. The maximum Gasteiger partial charge on any atom is 0.308 e. The van der Waals surface area contributed by atoms with E-state index in [1.165, 1.54) is 0 Å². The minimum absolute atomic E-state index is 0.0137. The third kappa shape index (κ3) is 2.15. The normalized spacial score (nSPS) is 24.0. The minimum atomic E-state index is -0.839. The third-order valence-electron chi connectivity index (χ3n) is 3.15. The van der Waals surface area contributed by atoms with Crippen LogP contribution in [0.1, 0.15) is 17.4 Å². The van der Waals surface area contributed by atoms with Crippen molar-refractivity contribution in [2.24, 2.45) is 18.9 Å². The summed E-state index contributed by atoms with van der Waals surface area (Å²) in [5.74, 6) is -1.52. The number of carbonyl (C=O) groups excluding carboxylic acids is 1. The average molecular weight is 237 g/mol. The van der Waals surface area contributed by atoms with E-state index in [9.17, 15) is 9.59 Å². The molecule has 1 saturated heterocycles. The number of aromatic nitrogens is 2. The fourth-order valence-electron chi connectivity index (χ4n) is 2.15. The second-order valence-corrected chi connectivity index (χ2v) is 4.51. The second kappa shape index (κ2) is 4.20. The van der Waals surface area contributed by atoms with Crippen molar-refractivity contribution >= 4 is 11.9 Å². The van der Waals surface area contributed by atoms with Gasteiger partial charge in [-0.1, -0.05) is 6.92 Å². The van der Waals surface area contributed by atoms with Crippen LogP contribution in [0.4, 0.5) is 0 Å². The minimum Gasteiger partial charge on any atom is -0.481 e. The number of aryl methyl sites for hydroxylation is 1. The van der Waals surface area contributed by atoms with Crippen LogP contribution in [-0.2, 0) is 11.8 Å². The van der Waals surface area contributed by atoms with Crippen molar-refractivity contribution in [3.63, 3.8) is 0 Å². The highest BCUT2D eigenvalue weighted by Crippen LogP contribution is 2.24. The molecule has 2 atom stereocenters. The summed E-state index contributed by atoms with van der Waals surface area (Å²) in [6.45, 7) is 2.60. The van der Waals surface area contributed by atoms with Crippen LogP contribution >= 0.6 is 0 Å². The lowest BCUT2D eigenvalue weighted by atomic mass is 9.99. The molecule has 0 bridgehead atoms. The molecule has 0 saturated carbocycles. The summed E-state index contributed by atoms with van der Waals surface area (Å²) in [6.07, 6.45) is 1.70. The molecule has 2 heterocycles. The molecular formula is C11H15N3O3. The van der Waals surface area contributed by atoms with Gasteiger partial charge in [-0.2, -0.15) is 5.10 Å². The topological polar surface area (TPSA) is 75.4 Å². The largest absolute Gasteiger partial charge is 0.481 e. The van der Waals surface area contributed by atoms with Gasteiger partial charge in [-0.15, -0.1) is 0 Å². The fraction of sp³-hybridized carbons (Fsp3) is 0.545. The molecule has 1 aliphatic heterocycles. The highest BCUT2D eigenvalue weighted by Gasteiger charge is 2.37. The van der Waals surface area contributed by atoms with Gasteiger partial charge in [0.2, 0.25) is 0 Å². The van der Waals surface area contributed by atoms with Crippen molar-refractivity contribution in [3.8, 4) is 0 Å². The molecule has 6 nitrogen and oxygen atoms in total. The number of carboxylic acids is 1. The van der Waals surface area contributed by atoms with Crippen molar-refractivity contribution < 1.29 is 14.7 Å². The zero-order valence-corrected chi connectivity index (χ0v) is 9.83. The number of hydrogen-bond acceptors (Lipinski definition) is 3. The molecular weight excluding hydrogens is 222 g/mol. The molecule has 1 aromatic heterocycles. The molecule has 0 radical (unpaired) electrons. The summed E-state index contributed by atoms with van der Waals surface area (Å²) in [4.78, 5) is 24.6. The Morgan fingerprint density at radius 3 is 2.65 bits per heavy atom. The van der Waals surface area contributed by atoms with Gasteiger partial charge in [0.1, 0.15) is 5.69 Å². The van der Waals surface area contributed by atoms with E-state index in [1.807, 2.05) is 6.92 Å². The first-order chi connectivity index (χ1) is 7.99. The Hall–Kier alpha value is -1.85. The van der Waals surface area contributed by atoms with E-state index in [0.717, 1.165) is 0 Å². The predicted molar refractivity (Wildman–Crippen MR) is 59.4 cm³/mol. The Bertz CT molecular complexity index is 455. The molecule has 17 heavy (non-hydrogen) atoms. The van der Waals surface area contributed by atoms with Crippen molar-refractivity contribution in [1.82, 2.24) is 14.7 Å². The molecule has 92 valence electrons. The molecule has 6 heteroatoms. The van der Waals surface area contributed by atoms with Gasteiger partial charge in [-0.25, -0.2) is 0 Å². The van der Waals surface area contributed by atoms with E-state index in [-0.39, 0.29) is 18.4 Å². The van der Waals surface area contributed by atoms with E-state index in [0.29, 0.717) is 12.2 Å². The van der Waals surface area contributed by atoms with Crippen molar-refractivity contribution in [1.29, 1.82) is 0 Å². The summed E-state index contributed by atoms with van der Waals surface area (Å²) in [6, 6.07) is 1.64. The van der Waals surface area contributed by atoms with Gasteiger partial charge >= 0.3 is 5.97 Å². The van der Waals surface area contributed by atoms with Crippen molar-refractivity contribution in [3.05, 3.63) is 18.0 Å². The number of carbonyl (C=O) groups is 2. The lowest BCUT2D eigenvalue weighted by molar-refractivity contribution is -0.142. The van der Waals surface area contributed by atoms with Crippen LogP contribution in [0.25, 0.3) is 0 Å². The van der Waals surface area contributed by atoms with Gasteiger partial charge in [0.25, 0.3) is 5.91 Å². The highest BCUT2D eigenvalue weighted by molar-refractivity contribution is 5.92. The third-order valence-corrected chi connectivity index (χ3v) is 3.15. The first-order valence-electron chi connectivity index (χ1n) is 5.50. The molecule has 1 aromatic rings. The Balaban J connectivity index is 2.10. The van der Waals surface area contributed by atoms with Crippen molar-refractivity contribution in [2.45, 2.75) is 6.92 Å². The number of likely N-dealkylation sites (tertiary alicyclic amines) is 1. The van der Waals surface area contributed by atoms with E-state index < -0.39 is 11.9 Å². The van der Waals surface area contributed by atoms with E-state index in [2.05, 4.69) is 5.10 Å². The molecule has 0 spiro atoms. The summed E-state index contributed by atoms with van der Waals surface area (Å²) >= 11 is 0.